The van der Waals surface area contributed by atoms with Crippen molar-refractivity contribution in [3.63, 3.8) is 0 Å². The number of carbonyl (C=O) groups excluding carboxylic acids is 1. The molecule has 0 amide bonds. The Labute approximate surface area is 82.5 Å². The molecule has 1 aliphatic heterocycles. The van der Waals surface area contributed by atoms with E-state index >= 15 is 0 Å². The van der Waals surface area contributed by atoms with Gasteiger partial charge in [0.1, 0.15) is 6.10 Å². The summed E-state index contributed by atoms with van der Waals surface area (Å²) in [6.45, 7) is 1.71. The molecule has 0 saturated carbocycles. The standard InChI is InChI=1S/C10H14O4/c1-7-6-9(12)3-2-8(11)4-5-10(13)14-7/h2-5,7-9,11-12H,6H2,1H3/b3-2+,5-4-/t7-,8-,9+/m1/s1. The summed E-state index contributed by atoms with van der Waals surface area (Å²) < 4.78 is 4.91. The number of hydrogen-bond acceptors (Lipinski definition) is 4. The summed E-state index contributed by atoms with van der Waals surface area (Å²) >= 11 is 0. The van der Waals surface area contributed by atoms with Crippen LogP contribution >= 0.6 is 0 Å². The molecule has 4 nitrogen and oxygen atoms in total. The number of esters is 1. The van der Waals surface area contributed by atoms with Gasteiger partial charge in [-0.25, -0.2) is 4.79 Å². The predicted octanol–water partition coefficient (Wildman–Crippen LogP) is 0.156. The van der Waals surface area contributed by atoms with E-state index in [1.807, 2.05) is 0 Å². The van der Waals surface area contributed by atoms with Crippen LogP contribution in [0.2, 0.25) is 0 Å². The van der Waals surface area contributed by atoms with Crippen molar-refractivity contribution in [2.75, 3.05) is 0 Å². The van der Waals surface area contributed by atoms with Gasteiger partial charge in [-0.3, -0.25) is 0 Å². The minimum atomic E-state index is -0.856. The zero-order valence-corrected chi connectivity index (χ0v) is 7.96. The summed E-state index contributed by atoms with van der Waals surface area (Å²) in [5, 5.41) is 18.6. The molecule has 0 fully saturated rings. The van der Waals surface area contributed by atoms with E-state index in [4.69, 9.17) is 4.74 Å². The van der Waals surface area contributed by atoms with Gasteiger partial charge in [0.25, 0.3) is 0 Å². The molecule has 1 rings (SSSR count). The highest BCUT2D eigenvalue weighted by molar-refractivity contribution is 5.82. The fourth-order valence-electron chi connectivity index (χ4n) is 1.19. The van der Waals surface area contributed by atoms with Crippen molar-refractivity contribution < 1.29 is 19.7 Å². The number of hydrogen-bond donors (Lipinski definition) is 2. The molecule has 0 unspecified atom stereocenters. The lowest BCUT2D eigenvalue weighted by Crippen LogP contribution is -2.20. The van der Waals surface area contributed by atoms with Gasteiger partial charge in [0.15, 0.2) is 0 Å². The summed E-state index contributed by atoms with van der Waals surface area (Å²) in [4.78, 5) is 11.0. The molecule has 0 aliphatic carbocycles. The van der Waals surface area contributed by atoms with Gasteiger partial charge in [0.05, 0.1) is 12.2 Å². The Hall–Kier alpha value is -1.13. The highest BCUT2D eigenvalue weighted by Gasteiger charge is 2.12. The maximum Gasteiger partial charge on any atom is 0.330 e. The number of ether oxygens (including phenoxy) is 1. The SMILES string of the molecule is C[C@@H]1C[C@@H](O)/C=C/[C@@H](O)/C=C\C(=O)O1. The second kappa shape index (κ2) is 4.93. The van der Waals surface area contributed by atoms with Crippen LogP contribution in [0, 0.1) is 0 Å². The smallest absolute Gasteiger partial charge is 0.330 e. The molecule has 0 saturated heterocycles. The molecular weight excluding hydrogens is 184 g/mol. The Morgan fingerprint density at radius 1 is 1.36 bits per heavy atom. The third-order valence-corrected chi connectivity index (χ3v) is 1.85. The molecule has 0 aromatic heterocycles. The first-order chi connectivity index (χ1) is 6.58. The summed E-state index contributed by atoms with van der Waals surface area (Å²) in [6, 6.07) is 0. The molecular formula is C10H14O4. The molecule has 1 heterocycles. The summed E-state index contributed by atoms with van der Waals surface area (Å²) in [7, 11) is 0. The first kappa shape index (κ1) is 10.9. The van der Waals surface area contributed by atoms with Gasteiger partial charge < -0.3 is 14.9 Å². The van der Waals surface area contributed by atoms with Crippen LogP contribution in [0.4, 0.5) is 0 Å². The number of rotatable bonds is 0. The fraction of sp³-hybridized carbons (Fsp3) is 0.500. The van der Waals surface area contributed by atoms with Crippen LogP contribution in [0.5, 0.6) is 0 Å². The Morgan fingerprint density at radius 2 is 2.07 bits per heavy atom. The van der Waals surface area contributed by atoms with Crippen LogP contribution in [0.1, 0.15) is 13.3 Å². The van der Waals surface area contributed by atoms with Crippen LogP contribution in [0.3, 0.4) is 0 Å². The topological polar surface area (TPSA) is 66.8 Å². The first-order valence-corrected chi connectivity index (χ1v) is 4.51. The molecule has 2 N–H and O–H groups in total. The maximum atomic E-state index is 11.0. The largest absolute Gasteiger partial charge is 0.459 e. The molecule has 3 atom stereocenters. The van der Waals surface area contributed by atoms with E-state index in [2.05, 4.69) is 0 Å². The normalized spacial score (nSPS) is 38.5. The van der Waals surface area contributed by atoms with E-state index in [0.29, 0.717) is 6.42 Å². The number of aliphatic hydroxyl groups is 2. The lowest BCUT2D eigenvalue weighted by atomic mass is 10.1. The van der Waals surface area contributed by atoms with Crippen LogP contribution in [0.15, 0.2) is 24.3 Å². The molecule has 78 valence electrons. The first-order valence-electron chi connectivity index (χ1n) is 4.51. The van der Waals surface area contributed by atoms with Gasteiger partial charge in [-0.15, -0.1) is 0 Å². The zero-order chi connectivity index (χ0) is 10.6. The van der Waals surface area contributed by atoms with E-state index in [0.717, 1.165) is 0 Å². The summed E-state index contributed by atoms with van der Waals surface area (Å²) in [5.74, 6) is -0.501. The molecule has 0 spiro atoms. The fourth-order valence-corrected chi connectivity index (χ4v) is 1.19. The third-order valence-electron chi connectivity index (χ3n) is 1.85. The summed E-state index contributed by atoms with van der Waals surface area (Å²) in [6.07, 6.45) is 3.87. The van der Waals surface area contributed by atoms with E-state index in [1.165, 1.54) is 24.3 Å². The molecule has 0 aromatic rings. The van der Waals surface area contributed by atoms with Crippen LogP contribution in [0.25, 0.3) is 0 Å². The Balaban J connectivity index is 2.72. The van der Waals surface area contributed by atoms with Gasteiger partial charge in [0.2, 0.25) is 0 Å². The minimum Gasteiger partial charge on any atom is -0.459 e. The van der Waals surface area contributed by atoms with Crippen molar-refractivity contribution in [3.05, 3.63) is 24.3 Å². The molecule has 0 bridgehead atoms. The maximum absolute atomic E-state index is 11.0. The zero-order valence-electron chi connectivity index (χ0n) is 7.96. The lowest BCUT2D eigenvalue weighted by Gasteiger charge is -2.15. The molecule has 1 aliphatic rings. The quantitative estimate of drug-likeness (QED) is 0.429. The van der Waals surface area contributed by atoms with E-state index in [9.17, 15) is 15.0 Å². The van der Waals surface area contributed by atoms with Crippen molar-refractivity contribution >= 4 is 5.97 Å². The average Bonchev–Trinajstić information content (AvgIpc) is 2.10. The van der Waals surface area contributed by atoms with Crippen molar-refractivity contribution in [2.45, 2.75) is 31.7 Å². The second-order valence-electron chi connectivity index (χ2n) is 3.29. The van der Waals surface area contributed by atoms with Crippen LogP contribution < -0.4 is 0 Å². The van der Waals surface area contributed by atoms with Crippen molar-refractivity contribution in [1.82, 2.24) is 0 Å². The molecule has 0 aromatic carbocycles. The van der Waals surface area contributed by atoms with Crippen LogP contribution in [-0.2, 0) is 9.53 Å². The van der Waals surface area contributed by atoms with Gasteiger partial charge in [-0.1, -0.05) is 12.2 Å². The third kappa shape index (κ3) is 3.72. The van der Waals surface area contributed by atoms with Crippen molar-refractivity contribution in [2.24, 2.45) is 0 Å². The Morgan fingerprint density at radius 3 is 2.79 bits per heavy atom. The summed E-state index contributed by atoms with van der Waals surface area (Å²) in [5.41, 5.74) is 0. The predicted molar refractivity (Wildman–Crippen MR) is 50.5 cm³/mol. The number of aliphatic hydroxyl groups excluding tert-OH is 2. The minimum absolute atomic E-state index is 0.331. The molecule has 4 heteroatoms. The van der Waals surface area contributed by atoms with E-state index in [1.54, 1.807) is 6.92 Å². The molecule has 0 radical (unpaired) electrons. The highest BCUT2D eigenvalue weighted by atomic mass is 16.5. The van der Waals surface area contributed by atoms with Crippen LogP contribution in [-0.4, -0.2) is 34.5 Å². The van der Waals surface area contributed by atoms with E-state index in [-0.39, 0.29) is 6.10 Å². The van der Waals surface area contributed by atoms with Gasteiger partial charge >= 0.3 is 5.97 Å². The Bertz CT molecular complexity index is 257. The second-order valence-corrected chi connectivity index (χ2v) is 3.29. The lowest BCUT2D eigenvalue weighted by molar-refractivity contribution is -0.143. The number of cyclic esters (lactones) is 1. The molecule has 14 heavy (non-hydrogen) atoms. The van der Waals surface area contributed by atoms with E-state index < -0.39 is 18.2 Å². The highest BCUT2D eigenvalue weighted by Crippen LogP contribution is 2.07. The monoisotopic (exact) mass is 198 g/mol. The average molecular weight is 198 g/mol. The van der Waals surface area contributed by atoms with Gasteiger partial charge in [-0.05, 0) is 13.0 Å². The Kier molecular flexibility index (Phi) is 3.85. The van der Waals surface area contributed by atoms with Crippen molar-refractivity contribution in [3.8, 4) is 0 Å². The van der Waals surface area contributed by atoms with Gasteiger partial charge in [0, 0.05) is 12.5 Å². The van der Waals surface area contributed by atoms with Gasteiger partial charge in [-0.2, -0.15) is 0 Å². The van der Waals surface area contributed by atoms with Crippen molar-refractivity contribution in [1.29, 1.82) is 0 Å². The number of carbonyl (C=O) groups is 1.